The van der Waals surface area contributed by atoms with Gasteiger partial charge in [-0.1, -0.05) is 11.6 Å². The van der Waals surface area contributed by atoms with Crippen LogP contribution in [-0.4, -0.2) is 41.1 Å². The molecule has 0 spiro atoms. The van der Waals surface area contributed by atoms with Crippen LogP contribution in [0.4, 0.5) is 0 Å². The average Bonchev–Trinajstić information content (AvgIpc) is 3.22. The predicted molar refractivity (Wildman–Crippen MR) is 116 cm³/mol. The third kappa shape index (κ3) is 6.80. The van der Waals surface area contributed by atoms with Gasteiger partial charge < -0.3 is 19.9 Å². The minimum absolute atomic E-state index is 0.00445. The number of benzene rings is 1. The number of ether oxygens (including phenoxy) is 1. The molecule has 31 heavy (non-hydrogen) atoms. The SMILES string of the molecule is COc1ccc(-c2noc(CCCC(=O)NC3CCCC(C(=O)NC(C)C)C3)n2)cc1. The van der Waals surface area contributed by atoms with E-state index in [1.807, 2.05) is 38.1 Å². The number of nitrogens with zero attached hydrogens (tertiary/aromatic N) is 2. The Morgan fingerprint density at radius 1 is 1.23 bits per heavy atom. The van der Waals surface area contributed by atoms with Gasteiger partial charge in [0.1, 0.15) is 5.75 Å². The first-order valence-electron chi connectivity index (χ1n) is 11.0. The summed E-state index contributed by atoms with van der Waals surface area (Å²) < 4.78 is 10.5. The van der Waals surface area contributed by atoms with Crippen LogP contribution < -0.4 is 15.4 Å². The van der Waals surface area contributed by atoms with Gasteiger partial charge in [0, 0.05) is 36.4 Å². The van der Waals surface area contributed by atoms with Crippen LogP contribution in [0.15, 0.2) is 28.8 Å². The van der Waals surface area contributed by atoms with Crippen LogP contribution in [-0.2, 0) is 16.0 Å². The van der Waals surface area contributed by atoms with Crippen molar-refractivity contribution in [3.63, 3.8) is 0 Å². The van der Waals surface area contributed by atoms with E-state index in [1.165, 1.54) is 0 Å². The molecule has 1 heterocycles. The molecule has 1 saturated carbocycles. The summed E-state index contributed by atoms with van der Waals surface area (Å²) in [5.74, 6) is 1.89. The standard InChI is InChI=1S/C23H32N4O4/c1-15(2)24-23(29)17-6-4-7-18(14-17)25-20(28)8-5-9-21-26-22(27-31-21)16-10-12-19(30-3)13-11-16/h10-13,15,17-18H,4-9,14H2,1-3H3,(H,24,29)(H,25,28). The number of nitrogens with one attached hydrogen (secondary N) is 2. The Bertz CT molecular complexity index is 863. The fourth-order valence-corrected chi connectivity index (χ4v) is 3.88. The highest BCUT2D eigenvalue weighted by Crippen LogP contribution is 2.25. The molecular weight excluding hydrogens is 396 g/mol. The van der Waals surface area contributed by atoms with E-state index < -0.39 is 0 Å². The van der Waals surface area contributed by atoms with Crippen LogP contribution >= 0.6 is 0 Å². The van der Waals surface area contributed by atoms with Crippen LogP contribution in [0.5, 0.6) is 5.75 Å². The third-order valence-electron chi connectivity index (χ3n) is 5.45. The van der Waals surface area contributed by atoms with Crippen molar-refractivity contribution in [2.24, 2.45) is 5.92 Å². The Kier molecular flexibility index (Phi) is 8.03. The number of hydrogen-bond acceptors (Lipinski definition) is 6. The van der Waals surface area contributed by atoms with Crippen LogP contribution in [0.25, 0.3) is 11.4 Å². The highest BCUT2D eigenvalue weighted by atomic mass is 16.5. The molecule has 1 aromatic heterocycles. The molecule has 1 aliphatic carbocycles. The third-order valence-corrected chi connectivity index (χ3v) is 5.45. The molecule has 0 saturated heterocycles. The lowest BCUT2D eigenvalue weighted by Gasteiger charge is -2.29. The lowest BCUT2D eigenvalue weighted by Crippen LogP contribution is -2.43. The van der Waals surface area contributed by atoms with Crippen molar-refractivity contribution in [1.29, 1.82) is 0 Å². The monoisotopic (exact) mass is 428 g/mol. The van der Waals surface area contributed by atoms with E-state index in [0.29, 0.717) is 37.4 Å². The first kappa shape index (κ1) is 22.8. The summed E-state index contributed by atoms with van der Waals surface area (Å²) in [6.07, 6.45) is 5.03. The molecule has 8 nitrogen and oxygen atoms in total. The van der Waals surface area contributed by atoms with Gasteiger partial charge in [0.05, 0.1) is 7.11 Å². The number of aromatic nitrogens is 2. The van der Waals surface area contributed by atoms with E-state index in [9.17, 15) is 9.59 Å². The summed E-state index contributed by atoms with van der Waals surface area (Å²) >= 11 is 0. The minimum atomic E-state index is -0.0174. The fourth-order valence-electron chi connectivity index (χ4n) is 3.88. The molecule has 0 aliphatic heterocycles. The Balaban J connectivity index is 1.41. The lowest BCUT2D eigenvalue weighted by atomic mass is 9.85. The smallest absolute Gasteiger partial charge is 0.226 e. The number of aryl methyl sites for hydroxylation is 1. The van der Waals surface area contributed by atoms with Gasteiger partial charge in [0.2, 0.25) is 23.5 Å². The molecule has 1 fully saturated rings. The second-order valence-corrected chi connectivity index (χ2v) is 8.39. The predicted octanol–water partition coefficient (Wildman–Crippen LogP) is 3.27. The first-order valence-corrected chi connectivity index (χ1v) is 11.0. The van der Waals surface area contributed by atoms with Gasteiger partial charge in [-0.15, -0.1) is 0 Å². The van der Waals surface area contributed by atoms with E-state index >= 15 is 0 Å². The van der Waals surface area contributed by atoms with E-state index in [-0.39, 0.29) is 29.8 Å². The highest BCUT2D eigenvalue weighted by Gasteiger charge is 2.28. The molecule has 2 atom stereocenters. The molecule has 0 radical (unpaired) electrons. The van der Waals surface area contributed by atoms with E-state index in [1.54, 1.807) is 7.11 Å². The van der Waals surface area contributed by atoms with Gasteiger partial charge in [0.15, 0.2) is 0 Å². The summed E-state index contributed by atoms with van der Waals surface area (Å²) in [6, 6.07) is 7.64. The second-order valence-electron chi connectivity index (χ2n) is 8.39. The van der Waals surface area contributed by atoms with Crippen LogP contribution in [0.2, 0.25) is 0 Å². The molecule has 168 valence electrons. The van der Waals surface area contributed by atoms with Gasteiger partial charge in [-0.2, -0.15) is 4.98 Å². The van der Waals surface area contributed by atoms with E-state index in [2.05, 4.69) is 20.8 Å². The van der Waals surface area contributed by atoms with Gasteiger partial charge in [0.25, 0.3) is 0 Å². The summed E-state index contributed by atoms with van der Waals surface area (Å²) in [5.41, 5.74) is 0.849. The number of rotatable bonds is 9. The maximum absolute atomic E-state index is 12.4. The number of methoxy groups -OCH3 is 1. The molecule has 1 aliphatic rings. The summed E-state index contributed by atoms with van der Waals surface area (Å²) in [4.78, 5) is 29.0. The van der Waals surface area contributed by atoms with Gasteiger partial charge in [-0.3, -0.25) is 9.59 Å². The van der Waals surface area contributed by atoms with Crippen molar-refractivity contribution < 1.29 is 18.8 Å². The molecule has 2 aromatic rings. The summed E-state index contributed by atoms with van der Waals surface area (Å²) in [7, 11) is 1.62. The molecule has 2 N–H and O–H groups in total. The largest absolute Gasteiger partial charge is 0.497 e. The number of amides is 2. The van der Waals surface area contributed by atoms with E-state index in [0.717, 1.165) is 30.6 Å². The topological polar surface area (TPSA) is 106 Å². The lowest BCUT2D eigenvalue weighted by molar-refractivity contribution is -0.128. The van der Waals surface area contributed by atoms with Crippen molar-refractivity contribution in [2.75, 3.05) is 7.11 Å². The average molecular weight is 429 g/mol. The maximum atomic E-state index is 12.4. The van der Waals surface area contributed by atoms with Gasteiger partial charge >= 0.3 is 0 Å². The fraction of sp³-hybridized carbons (Fsp3) is 0.565. The van der Waals surface area contributed by atoms with Crippen molar-refractivity contribution in [3.05, 3.63) is 30.2 Å². The second kappa shape index (κ2) is 10.9. The van der Waals surface area contributed by atoms with Crippen LogP contribution in [0.3, 0.4) is 0 Å². The van der Waals surface area contributed by atoms with Crippen molar-refractivity contribution in [2.45, 2.75) is 70.9 Å². The molecule has 2 amide bonds. The maximum Gasteiger partial charge on any atom is 0.226 e. The quantitative estimate of drug-likeness (QED) is 0.635. The number of hydrogen-bond donors (Lipinski definition) is 2. The molecule has 1 aromatic carbocycles. The van der Waals surface area contributed by atoms with Crippen LogP contribution in [0.1, 0.15) is 58.3 Å². The Morgan fingerprint density at radius 2 is 2.00 bits per heavy atom. The molecule has 2 unspecified atom stereocenters. The molecular formula is C23H32N4O4. The Labute approximate surface area is 183 Å². The highest BCUT2D eigenvalue weighted by molar-refractivity contribution is 5.79. The normalized spacial score (nSPS) is 18.6. The Hall–Kier alpha value is -2.90. The summed E-state index contributed by atoms with van der Waals surface area (Å²) in [5, 5.41) is 10.1. The Morgan fingerprint density at radius 3 is 2.71 bits per heavy atom. The molecule has 8 heteroatoms. The van der Waals surface area contributed by atoms with Gasteiger partial charge in [-0.25, -0.2) is 0 Å². The van der Waals surface area contributed by atoms with E-state index in [4.69, 9.17) is 9.26 Å². The zero-order valence-electron chi connectivity index (χ0n) is 18.5. The van der Waals surface area contributed by atoms with Crippen LogP contribution in [0, 0.1) is 5.92 Å². The summed E-state index contributed by atoms with van der Waals surface area (Å²) in [6.45, 7) is 3.92. The zero-order chi connectivity index (χ0) is 22.2. The van der Waals surface area contributed by atoms with Crippen molar-refractivity contribution >= 4 is 11.8 Å². The van der Waals surface area contributed by atoms with Crippen molar-refractivity contribution in [1.82, 2.24) is 20.8 Å². The number of carbonyl (C=O) groups excluding carboxylic acids is 2. The first-order chi connectivity index (χ1) is 14.9. The molecule has 0 bridgehead atoms. The number of carbonyl (C=O) groups is 2. The van der Waals surface area contributed by atoms with Crippen molar-refractivity contribution in [3.8, 4) is 17.1 Å². The molecule has 3 rings (SSSR count). The van der Waals surface area contributed by atoms with Gasteiger partial charge in [-0.05, 0) is 63.8 Å². The zero-order valence-corrected chi connectivity index (χ0v) is 18.5. The minimum Gasteiger partial charge on any atom is -0.497 e.